The zero-order chi connectivity index (χ0) is 19.5. The van der Waals surface area contributed by atoms with Crippen molar-refractivity contribution in [1.82, 2.24) is 15.1 Å². The molecule has 2 rings (SSSR count). The number of primary amides is 1. The number of hydrogen-bond acceptors (Lipinski definition) is 4. The van der Waals surface area contributed by atoms with Gasteiger partial charge in [-0.3, -0.25) is 14.4 Å². The smallest absolute Gasteiger partial charge is 0.239 e. The van der Waals surface area contributed by atoms with Gasteiger partial charge in [-0.25, -0.2) is 0 Å². The number of rotatable bonds is 11. The Morgan fingerprint density at radius 1 is 0.815 bits per heavy atom. The highest BCUT2D eigenvalue weighted by Gasteiger charge is 2.26. The number of amides is 3. The first-order valence-corrected chi connectivity index (χ1v) is 10.7. The lowest BCUT2D eigenvalue weighted by Gasteiger charge is -2.26. The van der Waals surface area contributed by atoms with E-state index >= 15 is 0 Å². The van der Waals surface area contributed by atoms with Gasteiger partial charge in [0.25, 0.3) is 0 Å². The molecule has 1 atom stereocenters. The minimum Gasteiger partial charge on any atom is -0.370 e. The third-order valence-electron chi connectivity index (χ3n) is 5.56. The largest absolute Gasteiger partial charge is 0.370 e. The highest BCUT2D eigenvalue weighted by atomic mass is 16.2. The highest BCUT2D eigenvalue weighted by Crippen LogP contribution is 2.13. The lowest BCUT2D eigenvalue weighted by molar-refractivity contribution is -0.133. The molecule has 0 radical (unpaired) electrons. The van der Waals surface area contributed by atoms with Crippen LogP contribution in [0.15, 0.2) is 0 Å². The first kappa shape index (κ1) is 21.7. The Hall–Kier alpha value is -1.63. The molecule has 2 saturated heterocycles. The number of piperidine rings is 1. The molecule has 27 heavy (non-hydrogen) atoms. The van der Waals surface area contributed by atoms with Gasteiger partial charge >= 0.3 is 0 Å². The Morgan fingerprint density at radius 3 is 2.11 bits per heavy atom. The maximum atomic E-state index is 12.6. The zero-order valence-electron chi connectivity index (χ0n) is 16.6. The van der Waals surface area contributed by atoms with Crippen molar-refractivity contribution >= 4 is 17.7 Å². The lowest BCUT2D eigenvalue weighted by Crippen LogP contribution is -2.46. The van der Waals surface area contributed by atoms with Crippen molar-refractivity contribution in [3.8, 4) is 0 Å². The second-order valence-electron chi connectivity index (χ2n) is 7.80. The van der Waals surface area contributed by atoms with Crippen molar-refractivity contribution in [2.75, 3.05) is 32.7 Å². The van der Waals surface area contributed by atoms with Gasteiger partial charge in [0, 0.05) is 39.0 Å². The molecular weight excluding hydrogens is 344 g/mol. The summed E-state index contributed by atoms with van der Waals surface area (Å²) in [5.41, 5.74) is 5.25. The molecule has 0 aromatic heterocycles. The molecule has 0 aliphatic carbocycles. The standard InChI is InChI=1S/C20H36N4O3/c21-18(25)11-10-17(20(27)24-15-7-8-16-24)22-12-4-1-3-9-19(26)23-13-5-2-6-14-23/h17,22H,1-16H2,(H2,21,25)/t17-/m0/s1. The summed E-state index contributed by atoms with van der Waals surface area (Å²) in [5.74, 6) is 0.00692. The summed E-state index contributed by atoms with van der Waals surface area (Å²) in [7, 11) is 0. The predicted octanol–water partition coefficient (Wildman–Crippen LogP) is 1.41. The van der Waals surface area contributed by atoms with E-state index in [-0.39, 0.29) is 30.2 Å². The Balaban J connectivity index is 1.62. The Morgan fingerprint density at radius 2 is 1.44 bits per heavy atom. The van der Waals surface area contributed by atoms with E-state index in [1.165, 1.54) is 6.42 Å². The predicted molar refractivity (Wildman–Crippen MR) is 105 cm³/mol. The third kappa shape index (κ3) is 7.87. The van der Waals surface area contributed by atoms with Crippen molar-refractivity contribution in [1.29, 1.82) is 0 Å². The SMILES string of the molecule is NC(=O)CC[C@H](NCCCCCC(=O)N1CCCCC1)C(=O)N1CCCC1. The minimum absolute atomic E-state index is 0.0917. The number of nitrogens with two attached hydrogens (primary N) is 1. The molecule has 0 aromatic carbocycles. The van der Waals surface area contributed by atoms with E-state index in [2.05, 4.69) is 5.32 Å². The van der Waals surface area contributed by atoms with E-state index in [0.717, 1.165) is 77.7 Å². The van der Waals surface area contributed by atoms with Crippen LogP contribution in [0.1, 0.15) is 70.6 Å². The molecule has 0 saturated carbocycles. The molecule has 0 spiro atoms. The minimum atomic E-state index is -0.368. The van der Waals surface area contributed by atoms with E-state index < -0.39 is 0 Å². The number of unbranched alkanes of at least 4 members (excludes halogenated alkanes) is 2. The van der Waals surface area contributed by atoms with Gasteiger partial charge in [0.2, 0.25) is 17.7 Å². The van der Waals surface area contributed by atoms with Crippen LogP contribution in [0.4, 0.5) is 0 Å². The van der Waals surface area contributed by atoms with Crippen molar-refractivity contribution in [2.24, 2.45) is 5.73 Å². The number of carbonyl (C=O) groups excluding carboxylic acids is 3. The van der Waals surface area contributed by atoms with Crippen LogP contribution in [0.25, 0.3) is 0 Å². The molecule has 7 heteroatoms. The molecule has 0 aromatic rings. The fraction of sp³-hybridized carbons (Fsp3) is 0.850. The summed E-state index contributed by atoms with van der Waals surface area (Å²) in [4.78, 5) is 39.7. The average Bonchev–Trinajstić information content (AvgIpc) is 3.21. The molecule has 2 heterocycles. The van der Waals surface area contributed by atoms with Crippen LogP contribution < -0.4 is 11.1 Å². The first-order valence-electron chi connectivity index (χ1n) is 10.7. The van der Waals surface area contributed by atoms with E-state index in [1.807, 2.05) is 9.80 Å². The molecule has 7 nitrogen and oxygen atoms in total. The van der Waals surface area contributed by atoms with Crippen molar-refractivity contribution < 1.29 is 14.4 Å². The van der Waals surface area contributed by atoms with Crippen LogP contribution in [0.2, 0.25) is 0 Å². The van der Waals surface area contributed by atoms with Gasteiger partial charge in [-0.2, -0.15) is 0 Å². The van der Waals surface area contributed by atoms with E-state index in [4.69, 9.17) is 5.73 Å². The van der Waals surface area contributed by atoms with Crippen molar-refractivity contribution in [3.63, 3.8) is 0 Å². The van der Waals surface area contributed by atoms with Crippen molar-refractivity contribution in [2.45, 2.75) is 76.7 Å². The second kappa shape index (κ2) is 12.0. The molecule has 0 bridgehead atoms. The molecule has 3 amide bonds. The first-order chi connectivity index (χ1) is 13.1. The summed E-state index contributed by atoms with van der Waals surface area (Å²) in [6.07, 6.45) is 9.70. The van der Waals surface area contributed by atoms with Gasteiger partial charge in [0.1, 0.15) is 0 Å². The van der Waals surface area contributed by atoms with Crippen LogP contribution in [-0.4, -0.2) is 66.3 Å². The zero-order valence-corrected chi connectivity index (χ0v) is 16.6. The molecule has 2 fully saturated rings. The van der Waals surface area contributed by atoms with Crippen LogP contribution in [0, 0.1) is 0 Å². The monoisotopic (exact) mass is 380 g/mol. The topological polar surface area (TPSA) is 95.7 Å². The number of nitrogens with one attached hydrogen (secondary N) is 1. The average molecular weight is 381 g/mol. The third-order valence-corrected chi connectivity index (χ3v) is 5.56. The fourth-order valence-electron chi connectivity index (χ4n) is 3.91. The molecule has 0 unspecified atom stereocenters. The summed E-state index contributed by atoms with van der Waals surface area (Å²) in [5, 5.41) is 3.31. The van der Waals surface area contributed by atoms with Gasteiger partial charge in [0.05, 0.1) is 6.04 Å². The molecule has 154 valence electrons. The van der Waals surface area contributed by atoms with Crippen LogP contribution in [0.3, 0.4) is 0 Å². The maximum absolute atomic E-state index is 12.6. The summed E-state index contributed by atoms with van der Waals surface area (Å²) >= 11 is 0. The van der Waals surface area contributed by atoms with Crippen molar-refractivity contribution in [3.05, 3.63) is 0 Å². The summed E-state index contributed by atoms with van der Waals surface area (Å²) < 4.78 is 0. The van der Waals surface area contributed by atoms with E-state index in [0.29, 0.717) is 12.8 Å². The number of hydrogen-bond donors (Lipinski definition) is 2. The number of likely N-dealkylation sites (tertiary alicyclic amines) is 2. The van der Waals surface area contributed by atoms with Crippen LogP contribution >= 0.6 is 0 Å². The number of nitrogens with zero attached hydrogens (tertiary/aromatic N) is 2. The van der Waals surface area contributed by atoms with Gasteiger partial charge in [0.15, 0.2) is 0 Å². The molecule has 2 aliphatic heterocycles. The Labute approximate surface area is 163 Å². The molecular formula is C20H36N4O3. The van der Waals surface area contributed by atoms with Gasteiger partial charge in [-0.15, -0.1) is 0 Å². The summed E-state index contributed by atoms with van der Waals surface area (Å²) in [6, 6.07) is -0.328. The molecule has 3 N–H and O–H groups in total. The quantitative estimate of drug-likeness (QED) is 0.530. The van der Waals surface area contributed by atoms with Gasteiger partial charge in [-0.05, 0) is 57.9 Å². The van der Waals surface area contributed by atoms with Gasteiger partial charge < -0.3 is 20.9 Å². The number of carbonyl (C=O) groups is 3. The van der Waals surface area contributed by atoms with Gasteiger partial charge in [-0.1, -0.05) is 6.42 Å². The second-order valence-corrected chi connectivity index (χ2v) is 7.80. The molecule has 2 aliphatic rings. The Kier molecular flexibility index (Phi) is 9.59. The summed E-state index contributed by atoms with van der Waals surface area (Å²) in [6.45, 7) is 4.18. The van der Waals surface area contributed by atoms with E-state index in [1.54, 1.807) is 0 Å². The fourth-order valence-corrected chi connectivity index (χ4v) is 3.91. The Bertz CT molecular complexity index is 486. The van der Waals surface area contributed by atoms with Crippen LogP contribution in [-0.2, 0) is 14.4 Å². The normalized spacial score (nSPS) is 18.5. The highest BCUT2D eigenvalue weighted by molar-refractivity contribution is 5.83. The maximum Gasteiger partial charge on any atom is 0.239 e. The van der Waals surface area contributed by atoms with Crippen LogP contribution in [0.5, 0.6) is 0 Å². The lowest BCUT2D eigenvalue weighted by atomic mass is 10.1. The van der Waals surface area contributed by atoms with E-state index in [9.17, 15) is 14.4 Å².